The third-order valence-corrected chi connectivity index (χ3v) is 11.0. The fraction of sp³-hybridized carbons (Fsp3) is 0.897. The molecule has 188 valence electrons. The van der Waals surface area contributed by atoms with Crippen molar-refractivity contribution in [2.45, 2.75) is 117 Å². The molecule has 0 radical (unpaired) electrons. The Labute approximate surface area is 201 Å². The van der Waals surface area contributed by atoms with Crippen LogP contribution in [0.4, 0.5) is 0 Å². The third-order valence-electron chi connectivity index (χ3n) is 11.0. The highest BCUT2D eigenvalue weighted by atomic mass is 16.3. The molecule has 0 bridgehead atoms. The van der Waals surface area contributed by atoms with E-state index >= 15 is 0 Å². The topological polar surface area (TPSA) is 77.8 Å². The maximum atomic E-state index is 13.1. The van der Waals surface area contributed by atoms with E-state index in [1.807, 2.05) is 6.92 Å². The average molecular weight is 461 g/mol. The molecule has 4 rings (SSSR count). The van der Waals surface area contributed by atoms with Crippen molar-refractivity contribution in [3.8, 4) is 0 Å². The van der Waals surface area contributed by atoms with Crippen LogP contribution < -0.4 is 0 Å². The van der Waals surface area contributed by atoms with Gasteiger partial charge in [-0.2, -0.15) is 0 Å². The van der Waals surface area contributed by atoms with E-state index < -0.39 is 5.60 Å². The van der Waals surface area contributed by atoms with Crippen LogP contribution in [0.15, 0.2) is 11.6 Å². The SMILES string of the molecule is CCC(C(=O)C[C@](C)(O)C1CCC2C3C[C@H](O)[C@H]4C[C@@H](O)CC[C@]4(C)C3=CC[C@@]21C)C(C)C. The number of hydrogen-bond acceptors (Lipinski definition) is 4. The van der Waals surface area contributed by atoms with Crippen LogP contribution in [-0.2, 0) is 4.79 Å². The maximum Gasteiger partial charge on any atom is 0.139 e. The zero-order chi connectivity index (χ0) is 24.3. The second kappa shape index (κ2) is 8.75. The van der Waals surface area contributed by atoms with Crippen molar-refractivity contribution in [1.82, 2.24) is 0 Å². The van der Waals surface area contributed by atoms with Crippen molar-refractivity contribution in [3.63, 3.8) is 0 Å². The average Bonchev–Trinajstić information content (AvgIpc) is 3.07. The number of Topliss-reactive ketones (excluding diaryl/α,β-unsaturated/α-hetero) is 1. The molecule has 4 aliphatic rings. The molecule has 4 aliphatic carbocycles. The van der Waals surface area contributed by atoms with Crippen molar-refractivity contribution in [3.05, 3.63) is 11.6 Å². The Kier molecular flexibility index (Phi) is 6.73. The van der Waals surface area contributed by atoms with Gasteiger partial charge in [-0.15, -0.1) is 0 Å². The summed E-state index contributed by atoms with van der Waals surface area (Å²) in [5, 5.41) is 33.2. The summed E-state index contributed by atoms with van der Waals surface area (Å²) in [6.45, 7) is 12.9. The van der Waals surface area contributed by atoms with E-state index in [-0.39, 0.29) is 53.0 Å². The van der Waals surface area contributed by atoms with Gasteiger partial charge >= 0.3 is 0 Å². The van der Waals surface area contributed by atoms with E-state index in [9.17, 15) is 20.1 Å². The van der Waals surface area contributed by atoms with E-state index in [4.69, 9.17) is 0 Å². The van der Waals surface area contributed by atoms with Crippen molar-refractivity contribution in [2.24, 2.45) is 46.3 Å². The molecule has 3 N–H and O–H groups in total. The lowest BCUT2D eigenvalue weighted by Gasteiger charge is -2.58. The van der Waals surface area contributed by atoms with Gasteiger partial charge in [0.25, 0.3) is 0 Å². The first-order valence-corrected chi connectivity index (χ1v) is 13.7. The molecule has 3 saturated carbocycles. The van der Waals surface area contributed by atoms with Gasteiger partial charge in [-0.05, 0) is 98.7 Å². The molecule has 0 heterocycles. The minimum atomic E-state index is -0.997. The zero-order valence-electron chi connectivity index (χ0n) is 21.8. The van der Waals surface area contributed by atoms with Gasteiger partial charge in [0, 0.05) is 12.3 Å². The van der Waals surface area contributed by atoms with Crippen LogP contribution >= 0.6 is 0 Å². The van der Waals surface area contributed by atoms with E-state index in [1.54, 1.807) is 0 Å². The molecule has 0 aliphatic heterocycles. The summed E-state index contributed by atoms with van der Waals surface area (Å²) in [4.78, 5) is 13.1. The lowest BCUT2D eigenvalue weighted by molar-refractivity contribution is -0.135. The predicted octanol–water partition coefficient (Wildman–Crippen LogP) is 5.29. The fourth-order valence-corrected chi connectivity index (χ4v) is 9.25. The van der Waals surface area contributed by atoms with Crippen LogP contribution in [0.25, 0.3) is 0 Å². The fourth-order valence-electron chi connectivity index (χ4n) is 9.25. The number of fused-ring (bicyclic) bond motifs is 5. The second-order valence-corrected chi connectivity index (χ2v) is 13.2. The lowest BCUT2D eigenvalue weighted by atomic mass is 9.47. The number of ketones is 1. The van der Waals surface area contributed by atoms with Gasteiger partial charge in [-0.1, -0.05) is 46.3 Å². The van der Waals surface area contributed by atoms with Gasteiger partial charge < -0.3 is 15.3 Å². The lowest BCUT2D eigenvalue weighted by Crippen LogP contribution is -2.55. The first kappa shape index (κ1) is 25.4. The van der Waals surface area contributed by atoms with Gasteiger partial charge in [0.1, 0.15) is 5.78 Å². The molecule has 4 nitrogen and oxygen atoms in total. The number of hydrogen-bond donors (Lipinski definition) is 3. The Bertz CT molecular complexity index is 784. The maximum absolute atomic E-state index is 13.1. The molecule has 0 aromatic rings. The summed E-state index contributed by atoms with van der Waals surface area (Å²) in [5.41, 5.74) is 0.456. The third kappa shape index (κ3) is 4.06. The molecule has 0 amide bonds. The van der Waals surface area contributed by atoms with Crippen molar-refractivity contribution < 1.29 is 20.1 Å². The molecule has 4 heteroatoms. The normalized spacial score (nSPS) is 45.5. The number of aliphatic hydroxyl groups is 3. The van der Waals surface area contributed by atoms with Crippen LogP contribution in [0.3, 0.4) is 0 Å². The highest BCUT2D eigenvalue weighted by Crippen LogP contribution is 2.66. The van der Waals surface area contributed by atoms with E-state index in [0.717, 1.165) is 44.9 Å². The number of aliphatic hydroxyl groups excluding tert-OH is 2. The summed E-state index contributed by atoms with van der Waals surface area (Å²) < 4.78 is 0. The van der Waals surface area contributed by atoms with Crippen LogP contribution in [0, 0.1) is 46.3 Å². The molecule has 33 heavy (non-hydrogen) atoms. The molecular formula is C29H48O4. The van der Waals surface area contributed by atoms with Gasteiger partial charge in [-0.25, -0.2) is 0 Å². The highest BCUT2D eigenvalue weighted by Gasteiger charge is 2.61. The quantitative estimate of drug-likeness (QED) is 0.471. The Balaban J connectivity index is 1.59. The molecule has 3 fully saturated rings. The summed E-state index contributed by atoms with van der Waals surface area (Å²) in [6, 6.07) is 0. The molecule has 0 aromatic heterocycles. The summed E-state index contributed by atoms with van der Waals surface area (Å²) in [7, 11) is 0. The predicted molar refractivity (Wildman–Crippen MR) is 131 cm³/mol. The van der Waals surface area contributed by atoms with Crippen LogP contribution in [-0.4, -0.2) is 38.9 Å². The molecular weight excluding hydrogens is 412 g/mol. The summed E-state index contributed by atoms with van der Waals surface area (Å²) >= 11 is 0. The number of allylic oxidation sites excluding steroid dienone is 2. The number of rotatable bonds is 6. The Hall–Kier alpha value is -0.710. The van der Waals surface area contributed by atoms with Crippen LogP contribution in [0.5, 0.6) is 0 Å². The highest BCUT2D eigenvalue weighted by molar-refractivity contribution is 5.82. The minimum absolute atomic E-state index is 0.0198. The Morgan fingerprint density at radius 3 is 2.48 bits per heavy atom. The van der Waals surface area contributed by atoms with Crippen molar-refractivity contribution in [2.75, 3.05) is 0 Å². The van der Waals surface area contributed by atoms with E-state index in [1.165, 1.54) is 5.57 Å². The van der Waals surface area contributed by atoms with Gasteiger partial charge in [0.2, 0.25) is 0 Å². The van der Waals surface area contributed by atoms with Crippen molar-refractivity contribution in [1.29, 1.82) is 0 Å². The molecule has 0 aromatic carbocycles. The zero-order valence-corrected chi connectivity index (χ0v) is 21.8. The molecule has 10 atom stereocenters. The number of carbonyl (C=O) groups excluding carboxylic acids is 1. The minimum Gasteiger partial charge on any atom is -0.393 e. The molecule has 0 saturated heterocycles. The van der Waals surface area contributed by atoms with Gasteiger partial charge in [0.15, 0.2) is 0 Å². The van der Waals surface area contributed by atoms with Gasteiger partial charge in [-0.3, -0.25) is 4.79 Å². The van der Waals surface area contributed by atoms with Gasteiger partial charge in [0.05, 0.1) is 17.8 Å². The Morgan fingerprint density at radius 2 is 1.85 bits per heavy atom. The van der Waals surface area contributed by atoms with E-state index in [0.29, 0.717) is 24.2 Å². The standard InChI is InChI=1S/C29H48O4/c1-7-19(17(2)3)25(32)16-29(6,33)26-9-8-21-20-15-24(31)23-14-18(30)10-12-27(23,4)22(20)11-13-28(21,26)5/h11,17-21,23-24,26,30-31,33H,7-10,12-16H2,1-6H3/t18-,19?,20?,21?,23+,24-,26?,27+,28-,29-/m0/s1. The molecule has 0 spiro atoms. The first-order valence-electron chi connectivity index (χ1n) is 13.7. The van der Waals surface area contributed by atoms with Crippen LogP contribution in [0.2, 0.25) is 0 Å². The Morgan fingerprint density at radius 1 is 1.15 bits per heavy atom. The van der Waals surface area contributed by atoms with Crippen molar-refractivity contribution >= 4 is 5.78 Å². The monoisotopic (exact) mass is 460 g/mol. The summed E-state index contributed by atoms with van der Waals surface area (Å²) in [5.74, 6) is 1.57. The first-order chi connectivity index (χ1) is 15.3. The van der Waals surface area contributed by atoms with Crippen LogP contribution in [0.1, 0.15) is 99.3 Å². The number of carbonyl (C=O) groups is 1. The largest absolute Gasteiger partial charge is 0.393 e. The smallest absolute Gasteiger partial charge is 0.139 e. The van der Waals surface area contributed by atoms with E-state index in [2.05, 4.69) is 40.7 Å². The second-order valence-electron chi connectivity index (χ2n) is 13.2. The molecule has 4 unspecified atom stereocenters. The summed E-state index contributed by atoms with van der Waals surface area (Å²) in [6.07, 6.45) is 9.09.